The van der Waals surface area contributed by atoms with Gasteiger partial charge in [-0.1, -0.05) is 42.1 Å². The fourth-order valence-corrected chi connectivity index (χ4v) is 2.90. The standard InChI is InChI=1S/C15H10N2O2S/c18-15(19)11-6-2-4-8-13(11)20-14-10-5-1-3-7-12(10)16-9-17-14/h1-9H,(H,18,19). The van der Waals surface area contributed by atoms with E-state index in [9.17, 15) is 9.90 Å². The van der Waals surface area contributed by atoms with Crippen LogP contribution in [0.1, 0.15) is 10.4 Å². The molecule has 0 aliphatic carbocycles. The van der Waals surface area contributed by atoms with Crippen molar-refractivity contribution in [3.8, 4) is 0 Å². The maximum atomic E-state index is 11.2. The lowest BCUT2D eigenvalue weighted by molar-refractivity contribution is 0.0693. The molecule has 0 radical (unpaired) electrons. The summed E-state index contributed by atoms with van der Waals surface area (Å²) in [4.78, 5) is 20.4. The summed E-state index contributed by atoms with van der Waals surface area (Å²) in [5.41, 5.74) is 1.12. The van der Waals surface area contributed by atoms with Gasteiger partial charge in [-0.3, -0.25) is 0 Å². The van der Waals surface area contributed by atoms with Gasteiger partial charge in [0.2, 0.25) is 0 Å². The van der Waals surface area contributed by atoms with Crippen LogP contribution in [0.5, 0.6) is 0 Å². The zero-order valence-corrected chi connectivity index (χ0v) is 11.2. The van der Waals surface area contributed by atoms with E-state index in [2.05, 4.69) is 9.97 Å². The Morgan fingerprint density at radius 2 is 1.75 bits per heavy atom. The Morgan fingerprint density at radius 3 is 2.60 bits per heavy atom. The number of hydrogen-bond donors (Lipinski definition) is 1. The molecule has 0 amide bonds. The zero-order valence-electron chi connectivity index (χ0n) is 10.4. The monoisotopic (exact) mass is 282 g/mol. The smallest absolute Gasteiger partial charge is 0.336 e. The highest BCUT2D eigenvalue weighted by molar-refractivity contribution is 7.99. The molecule has 0 saturated carbocycles. The van der Waals surface area contributed by atoms with Crippen LogP contribution in [0.2, 0.25) is 0 Å². The lowest BCUT2D eigenvalue weighted by Crippen LogP contribution is -1.98. The minimum Gasteiger partial charge on any atom is -0.478 e. The summed E-state index contributed by atoms with van der Waals surface area (Å²) in [7, 11) is 0. The van der Waals surface area contributed by atoms with E-state index in [1.807, 2.05) is 30.3 Å². The summed E-state index contributed by atoms with van der Waals surface area (Å²) in [5.74, 6) is -0.938. The van der Waals surface area contributed by atoms with Gasteiger partial charge in [-0.05, 0) is 18.2 Å². The van der Waals surface area contributed by atoms with Crippen molar-refractivity contribution in [2.24, 2.45) is 0 Å². The maximum Gasteiger partial charge on any atom is 0.336 e. The number of nitrogens with zero attached hydrogens (tertiary/aromatic N) is 2. The van der Waals surface area contributed by atoms with E-state index in [-0.39, 0.29) is 5.56 Å². The Bertz CT molecular complexity index is 784. The Kier molecular flexibility index (Phi) is 3.35. The van der Waals surface area contributed by atoms with Gasteiger partial charge in [0.15, 0.2) is 0 Å². The van der Waals surface area contributed by atoms with E-state index in [0.717, 1.165) is 15.9 Å². The van der Waals surface area contributed by atoms with Crippen LogP contribution in [-0.2, 0) is 0 Å². The molecule has 1 heterocycles. The molecule has 0 atom stereocenters. The van der Waals surface area contributed by atoms with Crippen molar-refractivity contribution in [2.45, 2.75) is 9.92 Å². The lowest BCUT2D eigenvalue weighted by atomic mass is 10.2. The third kappa shape index (κ3) is 2.35. The van der Waals surface area contributed by atoms with E-state index in [4.69, 9.17) is 0 Å². The number of carboxylic acids is 1. The summed E-state index contributed by atoms with van der Waals surface area (Å²) in [6, 6.07) is 14.6. The fraction of sp³-hybridized carbons (Fsp3) is 0. The predicted octanol–water partition coefficient (Wildman–Crippen LogP) is 3.48. The molecular formula is C15H10N2O2S. The van der Waals surface area contributed by atoms with Crippen LogP contribution in [-0.4, -0.2) is 21.0 Å². The molecule has 20 heavy (non-hydrogen) atoms. The summed E-state index contributed by atoms with van der Waals surface area (Å²) < 4.78 is 0. The second-order valence-electron chi connectivity index (χ2n) is 4.10. The molecule has 3 rings (SSSR count). The van der Waals surface area contributed by atoms with Crippen molar-refractivity contribution in [1.29, 1.82) is 0 Å². The highest BCUT2D eigenvalue weighted by Crippen LogP contribution is 2.32. The molecule has 0 aliphatic heterocycles. The van der Waals surface area contributed by atoms with Gasteiger partial charge in [-0.25, -0.2) is 14.8 Å². The van der Waals surface area contributed by atoms with Crippen molar-refractivity contribution in [1.82, 2.24) is 9.97 Å². The Balaban J connectivity index is 2.08. The van der Waals surface area contributed by atoms with Crippen molar-refractivity contribution < 1.29 is 9.90 Å². The second kappa shape index (κ2) is 5.30. The van der Waals surface area contributed by atoms with Gasteiger partial charge in [-0.15, -0.1) is 0 Å². The highest BCUT2D eigenvalue weighted by Gasteiger charge is 2.12. The normalized spacial score (nSPS) is 10.6. The number of carboxylic acid groups (broad SMARTS) is 1. The van der Waals surface area contributed by atoms with Crippen molar-refractivity contribution in [3.05, 3.63) is 60.4 Å². The van der Waals surface area contributed by atoms with Crippen molar-refractivity contribution in [3.63, 3.8) is 0 Å². The number of benzene rings is 2. The molecule has 0 aliphatic rings. The van der Waals surface area contributed by atoms with Crippen LogP contribution in [0.4, 0.5) is 0 Å². The molecule has 98 valence electrons. The van der Waals surface area contributed by atoms with Gasteiger partial charge in [0.1, 0.15) is 11.4 Å². The number of hydrogen-bond acceptors (Lipinski definition) is 4. The van der Waals surface area contributed by atoms with Crippen molar-refractivity contribution in [2.75, 3.05) is 0 Å². The first-order valence-electron chi connectivity index (χ1n) is 5.95. The summed E-state index contributed by atoms with van der Waals surface area (Å²) in [5, 5.41) is 10.9. The Labute approximate surface area is 119 Å². The molecule has 1 aromatic heterocycles. The molecule has 0 saturated heterocycles. The molecule has 5 heteroatoms. The summed E-state index contributed by atoms with van der Waals surface area (Å²) in [6.45, 7) is 0. The van der Waals surface area contributed by atoms with Crippen LogP contribution in [0.15, 0.2) is 64.8 Å². The third-order valence-electron chi connectivity index (χ3n) is 2.83. The number of fused-ring (bicyclic) bond motifs is 1. The molecule has 0 spiro atoms. The highest BCUT2D eigenvalue weighted by atomic mass is 32.2. The lowest BCUT2D eigenvalue weighted by Gasteiger charge is -2.06. The van der Waals surface area contributed by atoms with Gasteiger partial charge in [-0.2, -0.15) is 0 Å². The van der Waals surface area contributed by atoms with Gasteiger partial charge < -0.3 is 5.11 Å². The van der Waals surface area contributed by atoms with E-state index >= 15 is 0 Å². The number of para-hydroxylation sites is 1. The number of rotatable bonds is 3. The van der Waals surface area contributed by atoms with Crippen LogP contribution in [0, 0.1) is 0 Å². The first-order chi connectivity index (χ1) is 9.75. The van der Waals surface area contributed by atoms with Crippen LogP contribution < -0.4 is 0 Å². The molecule has 4 nitrogen and oxygen atoms in total. The first-order valence-corrected chi connectivity index (χ1v) is 6.77. The minimum atomic E-state index is -0.938. The molecule has 0 bridgehead atoms. The van der Waals surface area contributed by atoms with Crippen molar-refractivity contribution >= 4 is 28.6 Å². The number of aromatic carboxylic acids is 1. The quantitative estimate of drug-likeness (QED) is 0.745. The minimum absolute atomic E-state index is 0.278. The molecule has 0 fully saturated rings. The Hall–Kier alpha value is -2.40. The zero-order chi connectivity index (χ0) is 13.9. The molecule has 0 unspecified atom stereocenters. The van der Waals surface area contributed by atoms with Gasteiger partial charge in [0.25, 0.3) is 0 Å². The number of carbonyl (C=O) groups is 1. The fourth-order valence-electron chi connectivity index (χ4n) is 1.90. The van der Waals surface area contributed by atoms with E-state index in [1.165, 1.54) is 18.1 Å². The SMILES string of the molecule is O=C(O)c1ccccc1Sc1ncnc2ccccc12. The largest absolute Gasteiger partial charge is 0.478 e. The average Bonchev–Trinajstić information content (AvgIpc) is 2.48. The van der Waals surface area contributed by atoms with Crippen LogP contribution >= 0.6 is 11.8 Å². The van der Waals surface area contributed by atoms with E-state index in [1.54, 1.807) is 18.2 Å². The van der Waals surface area contributed by atoms with Gasteiger partial charge >= 0.3 is 5.97 Å². The average molecular weight is 282 g/mol. The van der Waals surface area contributed by atoms with E-state index < -0.39 is 5.97 Å². The van der Waals surface area contributed by atoms with Gasteiger partial charge in [0, 0.05) is 10.3 Å². The summed E-state index contributed by atoms with van der Waals surface area (Å²) >= 11 is 1.34. The molecule has 3 aromatic rings. The predicted molar refractivity (Wildman–Crippen MR) is 77.1 cm³/mol. The van der Waals surface area contributed by atoms with Gasteiger partial charge in [0.05, 0.1) is 11.1 Å². The van der Waals surface area contributed by atoms with Crippen LogP contribution in [0.3, 0.4) is 0 Å². The topological polar surface area (TPSA) is 63.1 Å². The third-order valence-corrected chi connectivity index (χ3v) is 3.92. The second-order valence-corrected chi connectivity index (χ2v) is 5.13. The van der Waals surface area contributed by atoms with Crippen LogP contribution in [0.25, 0.3) is 10.9 Å². The first kappa shape index (κ1) is 12.6. The Morgan fingerprint density at radius 1 is 1.00 bits per heavy atom. The molecule has 1 N–H and O–H groups in total. The number of aromatic nitrogens is 2. The van der Waals surface area contributed by atoms with E-state index in [0.29, 0.717) is 4.90 Å². The maximum absolute atomic E-state index is 11.2. The molecular weight excluding hydrogens is 272 g/mol. The molecule has 2 aromatic carbocycles. The summed E-state index contributed by atoms with van der Waals surface area (Å²) in [6.07, 6.45) is 1.49.